The van der Waals surface area contributed by atoms with E-state index in [1.807, 2.05) is 13.8 Å². The molecule has 1 N–H and O–H groups in total. The van der Waals surface area contributed by atoms with Gasteiger partial charge in [0.2, 0.25) is 10.0 Å². The van der Waals surface area contributed by atoms with Gasteiger partial charge in [0.05, 0.1) is 4.90 Å². The fourth-order valence-corrected chi connectivity index (χ4v) is 5.17. The van der Waals surface area contributed by atoms with Crippen molar-refractivity contribution in [3.05, 3.63) is 29.8 Å². The molecule has 6 nitrogen and oxygen atoms in total. The van der Waals surface area contributed by atoms with Crippen molar-refractivity contribution >= 4 is 15.9 Å². The maximum absolute atomic E-state index is 12.8. The highest BCUT2D eigenvalue weighted by Crippen LogP contribution is 2.30. The third-order valence-corrected chi connectivity index (χ3v) is 6.99. The summed E-state index contributed by atoms with van der Waals surface area (Å²) in [5.74, 6) is 0.775. The van der Waals surface area contributed by atoms with Crippen LogP contribution >= 0.6 is 0 Å². The van der Waals surface area contributed by atoms with E-state index in [0.717, 1.165) is 13.1 Å². The first-order valence-corrected chi connectivity index (χ1v) is 10.0. The van der Waals surface area contributed by atoms with Crippen molar-refractivity contribution < 1.29 is 13.2 Å². The van der Waals surface area contributed by atoms with Crippen molar-refractivity contribution in [3.63, 3.8) is 0 Å². The second-order valence-electron chi connectivity index (χ2n) is 6.50. The summed E-state index contributed by atoms with van der Waals surface area (Å²) >= 11 is 0. The number of carbonyl (C=O) groups is 1. The van der Waals surface area contributed by atoms with Gasteiger partial charge in [0.15, 0.2) is 0 Å². The first-order valence-electron chi connectivity index (χ1n) is 8.57. The average Bonchev–Trinajstić information content (AvgIpc) is 3.18. The lowest BCUT2D eigenvalue weighted by atomic mass is 10.0. The van der Waals surface area contributed by atoms with Crippen LogP contribution in [0.3, 0.4) is 0 Å². The zero-order chi connectivity index (χ0) is 17.3. The molecule has 2 aliphatic heterocycles. The lowest BCUT2D eigenvalue weighted by Crippen LogP contribution is -2.32. The van der Waals surface area contributed by atoms with Crippen LogP contribution in [-0.4, -0.2) is 62.8 Å². The standard InChI is InChI=1S/C17H25N3O3S/c1-3-19(4-2)17(21)13-5-7-16(8-6-13)24(22,23)20-11-14-9-18-10-15(14)12-20/h5-8,14-15,18H,3-4,9-12H2,1-2H3/t14-,15+. The smallest absolute Gasteiger partial charge is 0.253 e. The molecular weight excluding hydrogens is 326 g/mol. The summed E-state index contributed by atoms with van der Waals surface area (Å²) in [6.45, 7) is 8.10. The van der Waals surface area contributed by atoms with Crippen LogP contribution in [0.5, 0.6) is 0 Å². The number of nitrogens with zero attached hydrogens (tertiary/aromatic N) is 2. The molecule has 0 saturated carbocycles. The van der Waals surface area contributed by atoms with E-state index in [1.54, 1.807) is 33.5 Å². The van der Waals surface area contributed by atoms with Gasteiger partial charge in [-0.25, -0.2) is 8.42 Å². The van der Waals surface area contributed by atoms with Gasteiger partial charge < -0.3 is 10.2 Å². The van der Waals surface area contributed by atoms with Crippen LogP contribution < -0.4 is 5.32 Å². The number of fused-ring (bicyclic) bond motifs is 1. The second-order valence-corrected chi connectivity index (χ2v) is 8.44. The Hall–Kier alpha value is -1.44. The van der Waals surface area contributed by atoms with Crippen LogP contribution in [0.2, 0.25) is 0 Å². The Labute approximate surface area is 143 Å². The van der Waals surface area contributed by atoms with E-state index in [0.29, 0.717) is 43.6 Å². The van der Waals surface area contributed by atoms with Gasteiger partial charge in [-0.15, -0.1) is 0 Å². The van der Waals surface area contributed by atoms with Crippen LogP contribution in [-0.2, 0) is 10.0 Å². The highest BCUT2D eigenvalue weighted by atomic mass is 32.2. The lowest BCUT2D eigenvalue weighted by Gasteiger charge is -2.20. The maximum atomic E-state index is 12.8. The Morgan fingerprint density at radius 3 is 2.17 bits per heavy atom. The Morgan fingerprint density at radius 2 is 1.67 bits per heavy atom. The first-order chi connectivity index (χ1) is 11.5. The molecular formula is C17H25N3O3S. The van der Waals surface area contributed by atoms with E-state index in [1.165, 1.54) is 0 Å². The zero-order valence-electron chi connectivity index (χ0n) is 14.2. The molecule has 0 aromatic heterocycles. The summed E-state index contributed by atoms with van der Waals surface area (Å²) in [5.41, 5.74) is 0.528. The van der Waals surface area contributed by atoms with E-state index in [4.69, 9.17) is 0 Å². The van der Waals surface area contributed by atoms with E-state index in [2.05, 4.69) is 5.32 Å². The van der Waals surface area contributed by atoms with Crippen LogP contribution in [0.15, 0.2) is 29.2 Å². The van der Waals surface area contributed by atoms with Gasteiger partial charge in [-0.05, 0) is 63.0 Å². The van der Waals surface area contributed by atoms with Gasteiger partial charge >= 0.3 is 0 Å². The quantitative estimate of drug-likeness (QED) is 0.860. The Kier molecular flexibility index (Phi) is 4.94. The fourth-order valence-electron chi connectivity index (χ4n) is 3.62. The largest absolute Gasteiger partial charge is 0.339 e. The zero-order valence-corrected chi connectivity index (χ0v) is 15.1. The summed E-state index contributed by atoms with van der Waals surface area (Å²) in [4.78, 5) is 14.3. The number of benzene rings is 1. The molecule has 2 aliphatic rings. The van der Waals surface area contributed by atoms with Crippen molar-refractivity contribution in [1.29, 1.82) is 0 Å². The van der Waals surface area contributed by atoms with Crippen LogP contribution in [0.4, 0.5) is 0 Å². The van der Waals surface area contributed by atoms with E-state index < -0.39 is 10.0 Å². The predicted molar refractivity (Wildman–Crippen MR) is 92.3 cm³/mol. The molecule has 1 aromatic carbocycles. The number of sulfonamides is 1. The van der Waals surface area contributed by atoms with Crippen molar-refractivity contribution in [2.45, 2.75) is 18.7 Å². The molecule has 0 spiro atoms. The van der Waals surface area contributed by atoms with Crippen LogP contribution in [0.25, 0.3) is 0 Å². The number of amides is 1. The van der Waals surface area contributed by atoms with Crippen LogP contribution in [0, 0.1) is 11.8 Å². The molecule has 0 aliphatic carbocycles. The Morgan fingerprint density at radius 1 is 1.12 bits per heavy atom. The van der Waals surface area contributed by atoms with E-state index in [-0.39, 0.29) is 10.8 Å². The molecule has 2 atom stereocenters. The van der Waals surface area contributed by atoms with Crippen molar-refractivity contribution in [3.8, 4) is 0 Å². The van der Waals surface area contributed by atoms with Gasteiger partial charge in [0.25, 0.3) is 5.91 Å². The molecule has 132 valence electrons. The minimum atomic E-state index is -3.47. The number of hydrogen-bond donors (Lipinski definition) is 1. The molecule has 2 heterocycles. The third-order valence-electron chi connectivity index (χ3n) is 5.15. The number of nitrogens with one attached hydrogen (secondary N) is 1. The molecule has 0 radical (unpaired) electrons. The van der Waals surface area contributed by atoms with E-state index in [9.17, 15) is 13.2 Å². The maximum Gasteiger partial charge on any atom is 0.253 e. The van der Waals surface area contributed by atoms with Gasteiger partial charge in [-0.1, -0.05) is 0 Å². The second kappa shape index (κ2) is 6.82. The topological polar surface area (TPSA) is 69.7 Å². The van der Waals surface area contributed by atoms with Crippen molar-refractivity contribution in [1.82, 2.24) is 14.5 Å². The lowest BCUT2D eigenvalue weighted by molar-refractivity contribution is 0.0773. The summed E-state index contributed by atoms with van der Waals surface area (Å²) in [6.07, 6.45) is 0. The Balaban J connectivity index is 1.76. The molecule has 3 rings (SSSR count). The number of rotatable bonds is 5. The fraction of sp³-hybridized carbons (Fsp3) is 0.588. The molecule has 24 heavy (non-hydrogen) atoms. The average molecular weight is 351 g/mol. The molecule has 2 fully saturated rings. The van der Waals surface area contributed by atoms with Crippen molar-refractivity contribution in [2.24, 2.45) is 11.8 Å². The van der Waals surface area contributed by atoms with E-state index >= 15 is 0 Å². The minimum absolute atomic E-state index is 0.0641. The number of hydrogen-bond acceptors (Lipinski definition) is 4. The molecule has 2 saturated heterocycles. The number of carbonyl (C=O) groups excluding carboxylic acids is 1. The molecule has 1 aromatic rings. The first kappa shape index (κ1) is 17.4. The predicted octanol–water partition coefficient (Wildman–Crippen LogP) is 1.01. The molecule has 0 unspecified atom stereocenters. The minimum Gasteiger partial charge on any atom is -0.339 e. The third kappa shape index (κ3) is 3.08. The Bertz CT molecular complexity index is 686. The SMILES string of the molecule is CCN(CC)C(=O)c1ccc(S(=O)(=O)N2C[C@H]3CNC[C@H]3C2)cc1. The highest BCUT2D eigenvalue weighted by Gasteiger charge is 2.41. The van der Waals surface area contributed by atoms with Gasteiger partial charge in [-0.3, -0.25) is 4.79 Å². The van der Waals surface area contributed by atoms with Gasteiger partial charge in [-0.2, -0.15) is 4.31 Å². The summed E-state index contributed by atoms with van der Waals surface area (Å²) in [7, 11) is -3.47. The van der Waals surface area contributed by atoms with Crippen LogP contribution in [0.1, 0.15) is 24.2 Å². The summed E-state index contributed by atoms with van der Waals surface area (Å²) in [5, 5.41) is 3.31. The summed E-state index contributed by atoms with van der Waals surface area (Å²) < 4.78 is 27.2. The van der Waals surface area contributed by atoms with Gasteiger partial charge in [0, 0.05) is 31.7 Å². The normalized spacial score (nSPS) is 24.1. The highest BCUT2D eigenvalue weighted by molar-refractivity contribution is 7.89. The molecule has 0 bridgehead atoms. The summed E-state index contributed by atoms with van der Waals surface area (Å²) in [6, 6.07) is 6.34. The molecule has 7 heteroatoms. The monoisotopic (exact) mass is 351 g/mol. The molecule has 1 amide bonds. The van der Waals surface area contributed by atoms with Gasteiger partial charge in [0.1, 0.15) is 0 Å². The van der Waals surface area contributed by atoms with Crippen molar-refractivity contribution in [2.75, 3.05) is 39.3 Å².